The summed E-state index contributed by atoms with van der Waals surface area (Å²) < 4.78 is 5.25. The fourth-order valence-electron chi connectivity index (χ4n) is 2.38. The molecule has 0 fully saturated rings. The minimum Gasteiger partial charge on any atom is -0.462 e. The second-order valence-electron chi connectivity index (χ2n) is 4.80. The Bertz CT molecular complexity index is 747. The van der Waals surface area contributed by atoms with Crippen LogP contribution >= 0.6 is 0 Å². The van der Waals surface area contributed by atoms with Gasteiger partial charge in [-0.05, 0) is 42.3 Å². The van der Waals surface area contributed by atoms with Gasteiger partial charge in [-0.2, -0.15) is 0 Å². The van der Waals surface area contributed by atoms with Gasteiger partial charge in [0.2, 0.25) is 0 Å². The molecule has 0 aromatic carbocycles. The van der Waals surface area contributed by atoms with Crippen LogP contribution in [0.3, 0.4) is 0 Å². The highest BCUT2D eigenvalue weighted by Gasteiger charge is 2.20. The van der Waals surface area contributed by atoms with Gasteiger partial charge >= 0.3 is 5.97 Å². The second kappa shape index (κ2) is 6.79. The third-order valence-electron chi connectivity index (χ3n) is 3.41. The van der Waals surface area contributed by atoms with E-state index in [-0.39, 0.29) is 5.97 Å². The number of aromatic nitrogens is 3. The predicted octanol–water partition coefficient (Wildman–Crippen LogP) is 3.38. The van der Waals surface area contributed by atoms with E-state index in [9.17, 15) is 4.79 Å². The normalized spacial score (nSPS) is 10.3. The standard InChI is InChI=1S/C18H15N3O2/c1-2-23-18(22)17-15(13-3-7-19-8-4-13)11-21-12-16(17)14-5-9-20-10-6-14/h3-12H,2H2,1H3. The predicted molar refractivity (Wildman–Crippen MR) is 86.7 cm³/mol. The van der Waals surface area contributed by atoms with Crippen LogP contribution in [0.5, 0.6) is 0 Å². The smallest absolute Gasteiger partial charge is 0.339 e. The summed E-state index contributed by atoms with van der Waals surface area (Å²) in [6, 6.07) is 7.37. The Morgan fingerprint density at radius 2 is 1.35 bits per heavy atom. The average molecular weight is 305 g/mol. The summed E-state index contributed by atoms with van der Waals surface area (Å²) in [5.41, 5.74) is 3.68. The maximum Gasteiger partial charge on any atom is 0.339 e. The number of nitrogens with zero attached hydrogens (tertiary/aromatic N) is 3. The molecule has 0 aliphatic heterocycles. The van der Waals surface area contributed by atoms with Crippen molar-refractivity contribution in [2.45, 2.75) is 6.92 Å². The lowest BCUT2D eigenvalue weighted by atomic mass is 9.95. The zero-order valence-electron chi connectivity index (χ0n) is 12.6. The molecule has 0 N–H and O–H groups in total. The Hall–Kier alpha value is -3.08. The highest BCUT2D eigenvalue weighted by Crippen LogP contribution is 2.31. The van der Waals surface area contributed by atoms with Crippen molar-refractivity contribution in [2.24, 2.45) is 0 Å². The molecule has 0 saturated heterocycles. The van der Waals surface area contributed by atoms with Crippen molar-refractivity contribution in [3.8, 4) is 22.3 Å². The molecule has 23 heavy (non-hydrogen) atoms. The fourth-order valence-corrected chi connectivity index (χ4v) is 2.38. The molecule has 114 valence electrons. The monoisotopic (exact) mass is 305 g/mol. The molecule has 0 atom stereocenters. The van der Waals surface area contributed by atoms with Crippen molar-refractivity contribution in [1.29, 1.82) is 0 Å². The van der Waals surface area contributed by atoms with Crippen molar-refractivity contribution in [3.63, 3.8) is 0 Å². The first-order valence-electron chi connectivity index (χ1n) is 7.27. The van der Waals surface area contributed by atoms with Crippen LogP contribution in [0.2, 0.25) is 0 Å². The highest BCUT2D eigenvalue weighted by molar-refractivity contribution is 6.03. The van der Waals surface area contributed by atoms with E-state index in [1.807, 2.05) is 24.3 Å². The minimum atomic E-state index is -0.367. The van der Waals surface area contributed by atoms with Gasteiger partial charge in [0.1, 0.15) is 0 Å². The quantitative estimate of drug-likeness (QED) is 0.691. The molecule has 3 aromatic heterocycles. The van der Waals surface area contributed by atoms with Gasteiger partial charge in [0.15, 0.2) is 0 Å². The Morgan fingerprint density at radius 1 is 0.870 bits per heavy atom. The van der Waals surface area contributed by atoms with Crippen molar-refractivity contribution in [2.75, 3.05) is 6.61 Å². The topological polar surface area (TPSA) is 65.0 Å². The summed E-state index contributed by atoms with van der Waals surface area (Å²) in [5.74, 6) is -0.367. The molecule has 0 saturated carbocycles. The van der Waals surface area contributed by atoms with Gasteiger partial charge in [-0.15, -0.1) is 0 Å². The Labute approximate surface area is 134 Å². The van der Waals surface area contributed by atoms with E-state index in [1.165, 1.54) is 0 Å². The van der Waals surface area contributed by atoms with Crippen molar-refractivity contribution < 1.29 is 9.53 Å². The molecule has 3 heterocycles. The molecule has 0 aliphatic rings. The van der Waals surface area contributed by atoms with Crippen LogP contribution in [0.4, 0.5) is 0 Å². The molecule has 3 rings (SSSR count). The lowest BCUT2D eigenvalue weighted by Crippen LogP contribution is -2.09. The van der Waals surface area contributed by atoms with Crippen molar-refractivity contribution >= 4 is 5.97 Å². The van der Waals surface area contributed by atoms with Crippen LogP contribution in [-0.4, -0.2) is 27.5 Å². The second-order valence-corrected chi connectivity index (χ2v) is 4.80. The number of hydrogen-bond donors (Lipinski definition) is 0. The van der Waals surface area contributed by atoms with E-state index in [1.54, 1.807) is 44.1 Å². The number of carbonyl (C=O) groups excluding carboxylic acids is 1. The maximum absolute atomic E-state index is 12.6. The third-order valence-corrected chi connectivity index (χ3v) is 3.41. The van der Waals surface area contributed by atoms with Gasteiger partial charge in [0, 0.05) is 48.3 Å². The molecule has 5 nitrogen and oxygen atoms in total. The van der Waals surface area contributed by atoms with Crippen LogP contribution in [0.1, 0.15) is 17.3 Å². The number of esters is 1. The molecule has 5 heteroatoms. The summed E-state index contributed by atoms with van der Waals surface area (Å²) in [5, 5.41) is 0. The largest absolute Gasteiger partial charge is 0.462 e. The van der Waals surface area contributed by atoms with Gasteiger partial charge < -0.3 is 4.74 Å². The summed E-state index contributed by atoms with van der Waals surface area (Å²) >= 11 is 0. The minimum absolute atomic E-state index is 0.312. The first-order chi connectivity index (χ1) is 11.3. The van der Waals surface area contributed by atoms with Gasteiger partial charge in [-0.3, -0.25) is 15.0 Å². The van der Waals surface area contributed by atoms with Crippen molar-refractivity contribution in [3.05, 3.63) is 67.0 Å². The van der Waals surface area contributed by atoms with E-state index < -0.39 is 0 Å². The van der Waals surface area contributed by atoms with Gasteiger partial charge in [0.05, 0.1) is 12.2 Å². The fraction of sp³-hybridized carbons (Fsp3) is 0.111. The van der Waals surface area contributed by atoms with Crippen LogP contribution in [0.25, 0.3) is 22.3 Å². The van der Waals surface area contributed by atoms with E-state index >= 15 is 0 Å². The SMILES string of the molecule is CCOC(=O)c1c(-c2ccncc2)cncc1-c1ccncc1. The van der Waals surface area contributed by atoms with Crippen molar-refractivity contribution in [1.82, 2.24) is 15.0 Å². The van der Waals surface area contributed by atoms with E-state index in [4.69, 9.17) is 4.74 Å². The summed E-state index contributed by atoms with van der Waals surface area (Å²) in [4.78, 5) is 24.9. The van der Waals surface area contributed by atoms with E-state index in [2.05, 4.69) is 15.0 Å². The third kappa shape index (κ3) is 3.08. The molecule has 0 radical (unpaired) electrons. The average Bonchev–Trinajstić information content (AvgIpc) is 2.63. The first kappa shape index (κ1) is 14.8. The van der Waals surface area contributed by atoms with Gasteiger partial charge in [-0.25, -0.2) is 4.79 Å². The molecule has 0 unspecified atom stereocenters. The molecule has 0 aliphatic carbocycles. The summed E-state index contributed by atoms with van der Waals surface area (Å²) in [7, 11) is 0. The van der Waals surface area contributed by atoms with Gasteiger partial charge in [-0.1, -0.05) is 0 Å². The number of hydrogen-bond acceptors (Lipinski definition) is 5. The van der Waals surface area contributed by atoms with E-state index in [0.717, 1.165) is 22.3 Å². The number of rotatable bonds is 4. The molecular weight excluding hydrogens is 290 g/mol. The summed E-state index contributed by atoms with van der Waals surface area (Å²) in [6.45, 7) is 2.10. The zero-order chi connectivity index (χ0) is 16.1. The molecule has 0 amide bonds. The molecule has 3 aromatic rings. The Morgan fingerprint density at radius 3 is 1.78 bits per heavy atom. The lowest BCUT2D eigenvalue weighted by Gasteiger charge is -2.13. The van der Waals surface area contributed by atoms with Crippen LogP contribution in [-0.2, 0) is 4.74 Å². The molecule has 0 spiro atoms. The summed E-state index contributed by atoms with van der Waals surface area (Å²) in [6.07, 6.45) is 10.1. The molecular formula is C18H15N3O2. The van der Waals surface area contributed by atoms with E-state index in [0.29, 0.717) is 12.2 Å². The zero-order valence-corrected chi connectivity index (χ0v) is 12.6. The maximum atomic E-state index is 12.6. The highest BCUT2D eigenvalue weighted by atomic mass is 16.5. The first-order valence-corrected chi connectivity index (χ1v) is 7.27. The number of carbonyl (C=O) groups is 1. The van der Waals surface area contributed by atoms with Crippen LogP contribution in [0, 0.1) is 0 Å². The number of pyridine rings is 3. The lowest BCUT2D eigenvalue weighted by molar-refractivity contribution is 0.0528. The van der Waals surface area contributed by atoms with Crippen LogP contribution in [0.15, 0.2) is 61.4 Å². The Balaban J connectivity index is 2.23. The molecule has 0 bridgehead atoms. The van der Waals surface area contributed by atoms with Gasteiger partial charge in [0.25, 0.3) is 0 Å². The number of ether oxygens (including phenoxy) is 1. The Kier molecular flexibility index (Phi) is 4.38. The van der Waals surface area contributed by atoms with Crippen LogP contribution < -0.4 is 0 Å².